The molecule has 372 valence electrons. The highest BCUT2D eigenvalue weighted by Gasteiger charge is 2.42. The van der Waals surface area contributed by atoms with Gasteiger partial charge in [0.25, 0.3) is 0 Å². The first-order chi connectivity index (χ1) is 34.0. The summed E-state index contributed by atoms with van der Waals surface area (Å²) in [7, 11) is 0.824. The smallest absolute Gasteiger partial charge is 0.200 e. The highest BCUT2D eigenvalue weighted by atomic mass is 15.2. The van der Waals surface area contributed by atoms with Crippen LogP contribution in [0.25, 0.3) is 22.3 Å². The Morgan fingerprint density at radius 1 is 0.639 bits per heavy atom. The Morgan fingerprint density at radius 2 is 1.25 bits per heavy atom. The molecule has 1 atom stereocenters. The lowest BCUT2D eigenvalue weighted by Crippen LogP contribution is -2.46. The fourth-order valence-electron chi connectivity index (χ4n) is 12.9. The Kier molecular flexibility index (Phi) is 13.4. The summed E-state index contributed by atoms with van der Waals surface area (Å²) in [6.45, 7) is 42.1. The van der Waals surface area contributed by atoms with E-state index >= 15 is 0 Å². The van der Waals surface area contributed by atoms with Gasteiger partial charge in [-0.3, -0.25) is 0 Å². The number of hydrogen-bond donors (Lipinski definition) is 0. The minimum atomic E-state index is -0.0349. The van der Waals surface area contributed by atoms with Crippen LogP contribution < -0.4 is 20.7 Å². The highest BCUT2D eigenvalue weighted by Crippen LogP contribution is 2.52. The van der Waals surface area contributed by atoms with Crippen LogP contribution in [-0.4, -0.2) is 13.3 Å². The van der Waals surface area contributed by atoms with Gasteiger partial charge in [0.15, 0.2) is 0 Å². The molecule has 1 heterocycles. The normalized spacial score (nSPS) is 17.5. The van der Waals surface area contributed by atoms with Crippen LogP contribution in [0.1, 0.15) is 166 Å². The number of fused-ring (bicyclic) bond motifs is 4. The fourth-order valence-corrected chi connectivity index (χ4v) is 12.9. The van der Waals surface area contributed by atoms with Gasteiger partial charge in [0.05, 0.1) is 0 Å². The Bertz CT molecular complexity index is 3070. The topological polar surface area (TPSA) is 6.48 Å². The van der Waals surface area contributed by atoms with Crippen LogP contribution in [0.3, 0.4) is 0 Å². The van der Waals surface area contributed by atoms with Crippen molar-refractivity contribution in [1.29, 1.82) is 0 Å². The van der Waals surface area contributed by atoms with E-state index in [2.05, 4.69) is 241 Å². The maximum Gasteiger partial charge on any atom is 0.200 e. The average Bonchev–Trinajstić information content (AvgIpc) is 3.32. The molecule has 6 aromatic rings. The van der Waals surface area contributed by atoms with E-state index < -0.39 is 0 Å². The number of anilines is 5. The van der Waals surface area contributed by atoms with Gasteiger partial charge in [0.2, 0.25) is 7.28 Å². The maximum atomic E-state index is 4.46. The van der Waals surface area contributed by atoms with Crippen molar-refractivity contribution in [1.82, 2.24) is 0 Å². The fraction of sp³-hybridized carbons (Fsp3) is 0.391. The first-order valence-corrected chi connectivity index (χ1v) is 27.2. The van der Waals surface area contributed by atoms with E-state index in [4.69, 9.17) is 0 Å². The summed E-state index contributed by atoms with van der Waals surface area (Å²) in [5.41, 5.74) is 25.6. The van der Waals surface area contributed by atoms with E-state index in [0.717, 1.165) is 26.5 Å². The molecule has 2 nitrogen and oxygen atoms in total. The molecule has 0 fully saturated rings. The van der Waals surface area contributed by atoms with Crippen LogP contribution in [0.5, 0.6) is 0 Å². The summed E-state index contributed by atoms with van der Waals surface area (Å²) in [5.74, 6) is 0. The minimum absolute atomic E-state index is 0.0349. The molecule has 0 amide bonds. The largest absolute Gasteiger partial charge is 0.338 e. The molecule has 3 heteroatoms. The van der Waals surface area contributed by atoms with Crippen molar-refractivity contribution in [3.8, 4) is 22.3 Å². The number of nitrogens with zero attached hydrogens (tertiary/aromatic N) is 2. The first kappa shape index (κ1) is 51.1. The monoisotopic (exact) mass is 951 g/mol. The molecule has 2 aliphatic carbocycles. The van der Waals surface area contributed by atoms with Gasteiger partial charge in [0, 0.05) is 40.0 Å². The Labute approximate surface area is 436 Å². The maximum absolute atomic E-state index is 4.46. The van der Waals surface area contributed by atoms with Crippen molar-refractivity contribution < 1.29 is 0 Å². The molecule has 0 aromatic heterocycles. The van der Waals surface area contributed by atoms with Gasteiger partial charge in [-0.25, -0.2) is 0 Å². The molecule has 72 heavy (non-hydrogen) atoms. The summed E-state index contributed by atoms with van der Waals surface area (Å²) in [4.78, 5) is 5.48. The summed E-state index contributed by atoms with van der Waals surface area (Å²) in [6.07, 6.45) is 15.8. The summed E-state index contributed by atoms with van der Waals surface area (Å²) < 4.78 is 0. The van der Waals surface area contributed by atoms with Gasteiger partial charge >= 0.3 is 0 Å². The lowest BCUT2D eigenvalue weighted by Gasteiger charge is -2.46. The van der Waals surface area contributed by atoms with Crippen molar-refractivity contribution >= 4 is 46.6 Å². The molecular weight excluding hydrogens is 868 g/mol. The van der Waals surface area contributed by atoms with E-state index in [1.165, 1.54) is 132 Å². The predicted octanol–water partition coefficient (Wildman–Crippen LogP) is 17.7. The highest BCUT2D eigenvalue weighted by molar-refractivity contribution is 6.73. The van der Waals surface area contributed by atoms with E-state index in [1.807, 2.05) is 6.08 Å². The lowest BCUT2D eigenvalue weighted by atomic mass is 9.55. The molecule has 3 aliphatic rings. The molecule has 0 spiro atoms. The van der Waals surface area contributed by atoms with Crippen molar-refractivity contribution in [3.63, 3.8) is 0 Å². The molecule has 1 aliphatic heterocycles. The van der Waals surface area contributed by atoms with Crippen LogP contribution in [0.4, 0.5) is 28.4 Å². The van der Waals surface area contributed by atoms with Crippen LogP contribution in [0.15, 0.2) is 141 Å². The number of hydrogen-bond acceptors (Lipinski definition) is 2. The van der Waals surface area contributed by atoms with Gasteiger partial charge < -0.3 is 9.80 Å². The molecule has 6 aromatic carbocycles. The van der Waals surface area contributed by atoms with Crippen LogP contribution >= 0.6 is 0 Å². The molecule has 0 saturated carbocycles. The van der Waals surface area contributed by atoms with Crippen molar-refractivity contribution in [2.24, 2.45) is 0 Å². The number of benzene rings is 6. The molecule has 0 N–H and O–H groups in total. The zero-order chi connectivity index (χ0) is 51.7. The summed E-state index contributed by atoms with van der Waals surface area (Å²) in [5, 5.41) is 0. The van der Waals surface area contributed by atoms with Gasteiger partial charge in [-0.1, -0.05) is 179 Å². The third-order valence-corrected chi connectivity index (χ3v) is 17.4. The van der Waals surface area contributed by atoms with E-state index in [9.17, 15) is 0 Å². The second-order valence-corrected chi connectivity index (χ2v) is 25.7. The molecule has 9 rings (SSSR count). The average molecular weight is 951 g/mol. The summed E-state index contributed by atoms with van der Waals surface area (Å²) in [6, 6.07) is 41.3. The zero-order valence-corrected chi connectivity index (χ0v) is 46.7. The Balaban J connectivity index is 1.44. The number of rotatable bonds is 12. The SMILES string of the molecule is C=C/C=C\CCC(CC=C)N(c1ccc(C(C)(C)C)cc1-c1ccccc1)c1cc(-c2c(C)cc(C)cc2C)cc2c1Bc1cc3c(cc1N2c1ccc2c(c1)C(C)(C)CCC2(C)C)C(C)(C)CCC3(C)C. The second-order valence-electron chi connectivity index (χ2n) is 25.7. The molecule has 0 saturated heterocycles. The van der Waals surface area contributed by atoms with Crippen LogP contribution in [0.2, 0.25) is 0 Å². The molecular formula is C69H83BN2. The van der Waals surface area contributed by atoms with Crippen molar-refractivity contribution in [2.45, 2.75) is 175 Å². The number of allylic oxidation sites excluding steroid dienone is 3. The zero-order valence-electron chi connectivity index (χ0n) is 46.7. The second kappa shape index (κ2) is 18.9. The van der Waals surface area contributed by atoms with E-state index in [1.54, 1.807) is 0 Å². The molecule has 1 unspecified atom stereocenters. The number of aryl methyl sites for hydroxylation is 3. The van der Waals surface area contributed by atoms with Gasteiger partial charge in [-0.2, -0.15) is 0 Å². The standard InChI is InChI=1S/C69H83BN2/c1-17-19-20-24-28-51(25-18-2)71(59-32-29-50(65(6,7)8)41-53(59)48-26-22-21-23-27-48)61-39-49(63-46(4)37-45(3)38-47(63)5)40-62-64(61)70-58-43-56-57(69(15,16)36-35-68(56,13)14)44-60(58)72(62)52-30-31-54-55(42-52)67(11,12)34-33-66(54,9)10/h17-23,26-27,29-32,37-44,51,70H,1-2,24-25,28,33-36H2,3-16H3/b20-19-. The predicted molar refractivity (Wildman–Crippen MR) is 318 cm³/mol. The lowest BCUT2D eigenvalue weighted by molar-refractivity contribution is 0.332. The van der Waals surface area contributed by atoms with Gasteiger partial charge in [0.1, 0.15) is 0 Å². The third-order valence-electron chi connectivity index (χ3n) is 17.4. The van der Waals surface area contributed by atoms with Gasteiger partial charge in [-0.15, -0.1) is 6.58 Å². The first-order valence-electron chi connectivity index (χ1n) is 27.2. The third kappa shape index (κ3) is 9.40. The minimum Gasteiger partial charge on any atom is -0.338 e. The Morgan fingerprint density at radius 3 is 1.86 bits per heavy atom. The molecule has 0 radical (unpaired) electrons. The van der Waals surface area contributed by atoms with Gasteiger partial charge in [-0.05, 0) is 196 Å². The quantitative estimate of drug-likeness (QED) is 0.0684. The van der Waals surface area contributed by atoms with Crippen molar-refractivity contribution in [3.05, 3.63) is 185 Å². The Hall–Kier alpha value is -5.80. The van der Waals surface area contributed by atoms with E-state index in [0.29, 0.717) is 0 Å². The van der Waals surface area contributed by atoms with Crippen molar-refractivity contribution in [2.75, 3.05) is 9.80 Å². The van der Waals surface area contributed by atoms with Crippen LogP contribution in [0, 0.1) is 20.8 Å². The van der Waals surface area contributed by atoms with E-state index in [-0.39, 0.29) is 33.1 Å². The molecule has 0 bridgehead atoms. The van der Waals surface area contributed by atoms with Crippen LogP contribution in [-0.2, 0) is 27.1 Å². The summed E-state index contributed by atoms with van der Waals surface area (Å²) >= 11 is 0.